The molecule has 0 saturated heterocycles. The molecule has 0 N–H and O–H groups in total. The Bertz CT molecular complexity index is 3170. The Labute approximate surface area is 359 Å². The Balaban J connectivity index is 1.06. The van der Waals surface area contributed by atoms with Gasteiger partial charge in [-0.2, -0.15) is 0 Å². The van der Waals surface area contributed by atoms with Gasteiger partial charge in [-0.3, -0.25) is 0 Å². The SMILES string of the molecule is CC1(C)c2ccccc2-c2cccc(-c3cccc(N(c4ccc5c(c4)C4(CCc6ccccc64)c4ccccc4-5)c4ccccc4-c4ccc(-c5ccccc5)cc4)c3)c21. The molecule has 0 bridgehead atoms. The molecule has 290 valence electrons. The van der Waals surface area contributed by atoms with Crippen molar-refractivity contribution in [3.8, 4) is 55.6 Å². The van der Waals surface area contributed by atoms with E-state index < -0.39 is 0 Å². The highest BCUT2D eigenvalue weighted by atomic mass is 15.1. The van der Waals surface area contributed by atoms with Crippen LogP contribution in [-0.4, -0.2) is 0 Å². The second-order valence-corrected chi connectivity index (χ2v) is 17.6. The van der Waals surface area contributed by atoms with E-state index in [1.165, 1.54) is 89.0 Å². The lowest BCUT2D eigenvalue weighted by Gasteiger charge is -2.32. The highest BCUT2D eigenvalue weighted by Crippen LogP contribution is 2.59. The molecular weight excluding hydrogens is 735 g/mol. The zero-order valence-corrected chi connectivity index (χ0v) is 34.6. The van der Waals surface area contributed by atoms with E-state index in [0.717, 1.165) is 29.9 Å². The van der Waals surface area contributed by atoms with E-state index >= 15 is 0 Å². The van der Waals surface area contributed by atoms with Gasteiger partial charge in [0.15, 0.2) is 0 Å². The van der Waals surface area contributed by atoms with E-state index in [1.54, 1.807) is 0 Å². The van der Waals surface area contributed by atoms with Crippen molar-refractivity contribution in [2.45, 2.75) is 37.5 Å². The maximum Gasteiger partial charge on any atom is 0.0540 e. The summed E-state index contributed by atoms with van der Waals surface area (Å²) in [6, 6.07) is 79.4. The molecule has 0 saturated carbocycles. The molecule has 0 fully saturated rings. The van der Waals surface area contributed by atoms with Crippen LogP contribution in [0.3, 0.4) is 0 Å². The normalized spacial score (nSPS) is 16.1. The van der Waals surface area contributed by atoms with Crippen LogP contribution in [0.15, 0.2) is 212 Å². The Morgan fingerprint density at radius 3 is 1.74 bits per heavy atom. The Morgan fingerprint density at radius 2 is 0.918 bits per heavy atom. The number of fused-ring (bicyclic) bond motifs is 10. The summed E-state index contributed by atoms with van der Waals surface area (Å²) in [7, 11) is 0. The van der Waals surface area contributed by atoms with Crippen LogP contribution in [0, 0.1) is 0 Å². The molecule has 3 aliphatic rings. The molecule has 9 aromatic rings. The molecule has 1 nitrogen and oxygen atoms in total. The zero-order valence-electron chi connectivity index (χ0n) is 34.6. The van der Waals surface area contributed by atoms with Crippen molar-refractivity contribution in [2.75, 3.05) is 4.90 Å². The average Bonchev–Trinajstić information content (AvgIpc) is 3.93. The number of hydrogen-bond donors (Lipinski definition) is 0. The van der Waals surface area contributed by atoms with Crippen LogP contribution in [0.5, 0.6) is 0 Å². The Hall–Kier alpha value is -7.22. The third kappa shape index (κ3) is 5.33. The first-order valence-electron chi connectivity index (χ1n) is 21.7. The van der Waals surface area contributed by atoms with Crippen LogP contribution in [0.4, 0.5) is 17.1 Å². The van der Waals surface area contributed by atoms with Crippen molar-refractivity contribution < 1.29 is 0 Å². The summed E-state index contributed by atoms with van der Waals surface area (Å²) in [4.78, 5) is 2.52. The molecule has 12 rings (SSSR count). The van der Waals surface area contributed by atoms with E-state index in [0.29, 0.717) is 0 Å². The minimum atomic E-state index is -0.190. The highest BCUT2D eigenvalue weighted by molar-refractivity contribution is 5.94. The minimum absolute atomic E-state index is 0.127. The lowest BCUT2D eigenvalue weighted by atomic mass is 9.73. The summed E-state index contributed by atoms with van der Waals surface area (Å²) in [6.45, 7) is 4.77. The van der Waals surface area contributed by atoms with Gasteiger partial charge in [0.1, 0.15) is 0 Å². The molecule has 9 aromatic carbocycles. The first kappa shape index (κ1) is 35.7. The quantitative estimate of drug-likeness (QED) is 0.162. The van der Waals surface area contributed by atoms with Gasteiger partial charge in [0.25, 0.3) is 0 Å². The second-order valence-electron chi connectivity index (χ2n) is 17.6. The van der Waals surface area contributed by atoms with Gasteiger partial charge in [0.05, 0.1) is 5.69 Å². The van der Waals surface area contributed by atoms with Crippen molar-refractivity contribution in [3.05, 3.63) is 246 Å². The number of hydrogen-bond acceptors (Lipinski definition) is 1. The maximum absolute atomic E-state index is 2.53. The molecule has 1 spiro atoms. The van der Waals surface area contributed by atoms with Crippen LogP contribution in [-0.2, 0) is 17.3 Å². The second kappa shape index (κ2) is 13.7. The van der Waals surface area contributed by atoms with Crippen molar-refractivity contribution in [1.29, 1.82) is 0 Å². The minimum Gasteiger partial charge on any atom is -0.310 e. The van der Waals surface area contributed by atoms with Crippen LogP contribution in [0.25, 0.3) is 55.6 Å². The van der Waals surface area contributed by atoms with Crippen LogP contribution >= 0.6 is 0 Å². The van der Waals surface area contributed by atoms with E-state index in [4.69, 9.17) is 0 Å². The highest BCUT2D eigenvalue weighted by Gasteiger charge is 2.48. The molecule has 3 aliphatic carbocycles. The predicted octanol–water partition coefficient (Wildman–Crippen LogP) is 15.7. The summed E-state index contributed by atoms with van der Waals surface area (Å²) >= 11 is 0. The van der Waals surface area contributed by atoms with Crippen molar-refractivity contribution >= 4 is 17.1 Å². The summed E-state index contributed by atoms with van der Waals surface area (Å²) in [6.07, 6.45) is 2.14. The van der Waals surface area contributed by atoms with Gasteiger partial charge in [0, 0.05) is 27.8 Å². The molecule has 0 radical (unpaired) electrons. The van der Waals surface area contributed by atoms with Crippen molar-refractivity contribution in [3.63, 3.8) is 0 Å². The third-order valence-corrected chi connectivity index (χ3v) is 14.1. The number of rotatable bonds is 6. The average molecular weight is 780 g/mol. The van der Waals surface area contributed by atoms with E-state index in [-0.39, 0.29) is 10.8 Å². The molecule has 0 aromatic heterocycles. The third-order valence-electron chi connectivity index (χ3n) is 14.1. The first-order chi connectivity index (χ1) is 30.0. The molecule has 0 aliphatic heterocycles. The largest absolute Gasteiger partial charge is 0.310 e. The van der Waals surface area contributed by atoms with Crippen LogP contribution in [0.2, 0.25) is 0 Å². The summed E-state index contributed by atoms with van der Waals surface area (Å²) in [5.41, 5.74) is 24.4. The van der Waals surface area contributed by atoms with E-state index in [2.05, 4.69) is 231 Å². The van der Waals surface area contributed by atoms with Crippen LogP contribution < -0.4 is 4.90 Å². The fourth-order valence-electron chi connectivity index (χ4n) is 11.4. The topological polar surface area (TPSA) is 3.24 Å². The summed E-state index contributed by atoms with van der Waals surface area (Å²) < 4.78 is 0. The number of nitrogens with zero attached hydrogens (tertiary/aromatic N) is 1. The zero-order chi connectivity index (χ0) is 40.7. The van der Waals surface area contributed by atoms with Gasteiger partial charge in [-0.15, -0.1) is 0 Å². The lowest BCUT2D eigenvalue weighted by molar-refractivity contribution is 0.626. The summed E-state index contributed by atoms with van der Waals surface area (Å²) in [5, 5.41) is 0. The summed E-state index contributed by atoms with van der Waals surface area (Å²) in [5.74, 6) is 0. The van der Waals surface area contributed by atoms with Crippen molar-refractivity contribution in [2.24, 2.45) is 0 Å². The van der Waals surface area contributed by atoms with Gasteiger partial charge in [-0.05, 0) is 127 Å². The number of benzene rings is 9. The molecular formula is C60H45N. The Kier molecular flexibility index (Phi) is 7.99. The lowest BCUT2D eigenvalue weighted by Crippen LogP contribution is -2.24. The molecule has 1 atom stereocenters. The van der Waals surface area contributed by atoms with Gasteiger partial charge in [-0.1, -0.05) is 196 Å². The smallest absolute Gasteiger partial charge is 0.0540 e. The molecule has 0 amide bonds. The fraction of sp³-hybridized carbons (Fsp3) is 0.100. The van der Waals surface area contributed by atoms with Gasteiger partial charge in [-0.25, -0.2) is 0 Å². The Morgan fingerprint density at radius 1 is 0.361 bits per heavy atom. The fourth-order valence-corrected chi connectivity index (χ4v) is 11.4. The molecule has 1 unspecified atom stereocenters. The monoisotopic (exact) mass is 779 g/mol. The standard InChI is InChI=1S/C60H45N/c1-59(2)54-27-11-7-23-50(54)52-25-15-24-48(58(52)59)44-19-14-20-45(38-44)61(57-29-13-9-21-47(57)42-32-30-41(31-33-42)40-16-4-3-5-17-40)46-34-35-51-49-22-8-12-28-55(49)60(56(51)39-46)37-36-43-18-6-10-26-53(43)60/h3-35,38-39H,36-37H2,1-2H3. The molecule has 1 heteroatoms. The van der Waals surface area contributed by atoms with Gasteiger partial charge in [0.2, 0.25) is 0 Å². The molecule has 0 heterocycles. The number of para-hydroxylation sites is 1. The van der Waals surface area contributed by atoms with E-state index in [9.17, 15) is 0 Å². The number of aryl methyl sites for hydroxylation is 1. The van der Waals surface area contributed by atoms with Crippen LogP contribution in [0.1, 0.15) is 53.6 Å². The predicted molar refractivity (Wildman–Crippen MR) is 255 cm³/mol. The van der Waals surface area contributed by atoms with Gasteiger partial charge >= 0.3 is 0 Å². The molecule has 61 heavy (non-hydrogen) atoms. The van der Waals surface area contributed by atoms with E-state index in [1.807, 2.05) is 0 Å². The van der Waals surface area contributed by atoms with Gasteiger partial charge < -0.3 is 4.90 Å². The first-order valence-corrected chi connectivity index (χ1v) is 21.7. The number of anilines is 3. The van der Waals surface area contributed by atoms with Crippen molar-refractivity contribution in [1.82, 2.24) is 0 Å². The maximum atomic E-state index is 2.53.